The zero-order valence-electron chi connectivity index (χ0n) is 17.7. The molecule has 9 heteroatoms. The minimum Gasteiger partial charge on any atom is -0.473 e. The van der Waals surface area contributed by atoms with E-state index in [9.17, 15) is 22.8 Å². The Balaban J connectivity index is 1.72. The Kier molecular flexibility index (Phi) is 6.34. The van der Waals surface area contributed by atoms with Crippen molar-refractivity contribution in [3.8, 4) is 17.1 Å². The van der Waals surface area contributed by atoms with Crippen molar-refractivity contribution in [2.75, 3.05) is 5.32 Å². The molecule has 0 aliphatic carbocycles. The summed E-state index contributed by atoms with van der Waals surface area (Å²) in [7, 11) is 0. The number of hydrogen-bond acceptors (Lipinski definition) is 4. The number of carbonyl (C=O) groups excluding carboxylic acids is 1. The van der Waals surface area contributed by atoms with Crippen LogP contribution in [0.1, 0.15) is 12.5 Å². The molecule has 0 saturated carbocycles. The highest BCUT2D eigenvalue weighted by Gasteiger charge is 2.34. The molecule has 0 fully saturated rings. The average Bonchev–Trinajstić information content (AvgIpc) is 2.81. The van der Waals surface area contributed by atoms with Gasteiger partial charge in [0.15, 0.2) is 11.9 Å². The minimum absolute atomic E-state index is 0.0794. The number of amides is 1. The second-order valence-electron chi connectivity index (χ2n) is 7.39. The molecule has 1 atom stereocenters. The second-order valence-corrected chi connectivity index (χ2v) is 7.83. The molecule has 4 rings (SSSR count). The Hall–Kier alpha value is -3.78. The number of anilines is 1. The lowest BCUT2D eigenvalue weighted by atomic mass is 10.1. The molecule has 0 spiro atoms. The first-order valence-electron chi connectivity index (χ1n) is 10.1. The van der Waals surface area contributed by atoms with Crippen LogP contribution in [-0.4, -0.2) is 12.0 Å². The predicted octanol–water partition coefficient (Wildman–Crippen LogP) is 6.54. The smallest absolute Gasteiger partial charge is 0.418 e. The molecule has 4 aromatic rings. The molecule has 1 heterocycles. The first-order valence-corrected chi connectivity index (χ1v) is 10.5. The number of para-hydroxylation sites is 1. The Bertz CT molecular complexity index is 1420. The van der Waals surface area contributed by atoms with E-state index in [2.05, 4.69) is 5.32 Å². The third kappa shape index (κ3) is 4.77. The van der Waals surface area contributed by atoms with Crippen molar-refractivity contribution in [2.24, 2.45) is 0 Å². The fourth-order valence-corrected chi connectivity index (χ4v) is 3.51. The summed E-state index contributed by atoms with van der Waals surface area (Å²) in [5.41, 5.74) is -1.22. The number of alkyl halides is 3. The van der Waals surface area contributed by atoms with Crippen molar-refractivity contribution < 1.29 is 27.1 Å². The van der Waals surface area contributed by atoms with Gasteiger partial charge in [0, 0.05) is 10.6 Å². The van der Waals surface area contributed by atoms with Gasteiger partial charge >= 0.3 is 6.18 Å². The van der Waals surface area contributed by atoms with E-state index in [4.69, 9.17) is 20.8 Å². The van der Waals surface area contributed by atoms with Crippen LogP contribution in [0.15, 0.2) is 82.0 Å². The molecule has 5 nitrogen and oxygen atoms in total. The monoisotopic (exact) mass is 487 g/mol. The number of benzene rings is 3. The Morgan fingerprint density at radius 2 is 1.71 bits per heavy atom. The zero-order valence-corrected chi connectivity index (χ0v) is 18.4. The Morgan fingerprint density at radius 1 is 1.03 bits per heavy atom. The molecular formula is C25H17ClF3NO4. The van der Waals surface area contributed by atoms with Crippen molar-refractivity contribution in [3.63, 3.8) is 0 Å². The third-order valence-electron chi connectivity index (χ3n) is 5.00. The summed E-state index contributed by atoms with van der Waals surface area (Å²) in [4.78, 5) is 26.0. The maximum atomic E-state index is 13.3. The molecule has 174 valence electrons. The summed E-state index contributed by atoms with van der Waals surface area (Å²) in [5, 5.41) is 2.66. The largest absolute Gasteiger partial charge is 0.473 e. The van der Waals surface area contributed by atoms with Gasteiger partial charge in [0.05, 0.1) is 16.6 Å². The minimum atomic E-state index is -4.66. The number of hydrogen-bond donors (Lipinski definition) is 1. The summed E-state index contributed by atoms with van der Waals surface area (Å²) in [6.07, 6.45) is -5.99. The van der Waals surface area contributed by atoms with Crippen LogP contribution >= 0.6 is 11.6 Å². The van der Waals surface area contributed by atoms with Gasteiger partial charge in [0.1, 0.15) is 5.58 Å². The lowest BCUT2D eigenvalue weighted by molar-refractivity contribution is -0.137. The highest BCUT2D eigenvalue weighted by molar-refractivity contribution is 6.31. The summed E-state index contributed by atoms with van der Waals surface area (Å²) < 4.78 is 51.4. The maximum absolute atomic E-state index is 13.3. The van der Waals surface area contributed by atoms with E-state index in [1.54, 1.807) is 42.5 Å². The number of halogens is 4. The van der Waals surface area contributed by atoms with Gasteiger partial charge in [-0.1, -0.05) is 54.1 Å². The van der Waals surface area contributed by atoms with E-state index in [1.807, 2.05) is 0 Å². The van der Waals surface area contributed by atoms with Gasteiger partial charge in [-0.3, -0.25) is 9.59 Å². The fraction of sp³-hybridized carbons (Fsp3) is 0.120. The van der Waals surface area contributed by atoms with Crippen molar-refractivity contribution >= 4 is 34.2 Å². The van der Waals surface area contributed by atoms with Crippen molar-refractivity contribution in [2.45, 2.75) is 19.2 Å². The van der Waals surface area contributed by atoms with E-state index < -0.39 is 34.9 Å². The van der Waals surface area contributed by atoms with Gasteiger partial charge in [-0.2, -0.15) is 13.2 Å². The molecule has 1 amide bonds. The summed E-state index contributed by atoms with van der Waals surface area (Å²) >= 11 is 6.02. The van der Waals surface area contributed by atoms with Gasteiger partial charge in [-0.15, -0.1) is 0 Å². The summed E-state index contributed by atoms with van der Waals surface area (Å²) in [6, 6.07) is 17.7. The van der Waals surface area contributed by atoms with Gasteiger partial charge in [-0.05, 0) is 37.3 Å². The van der Waals surface area contributed by atoms with Crippen LogP contribution in [0, 0.1) is 0 Å². The Morgan fingerprint density at radius 3 is 2.41 bits per heavy atom. The Labute approximate surface area is 196 Å². The van der Waals surface area contributed by atoms with E-state index in [0.29, 0.717) is 10.6 Å². The van der Waals surface area contributed by atoms with Gasteiger partial charge in [-0.25, -0.2) is 0 Å². The van der Waals surface area contributed by atoms with Gasteiger partial charge < -0.3 is 14.5 Å². The lowest BCUT2D eigenvalue weighted by Crippen LogP contribution is -2.32. The molecule has 0 aliphatic heterocycles. The highest BCUT2D eigenvalue weighted by Crippen LogP contribution is 2.35. The standard InChI is InChI=1S/C25H17ClF3NO4/c1-14(24(32)30-19-10-6-5-9-18(19)25(27,28)29)33-23-21(31)17-13-16(26)11-12-20(17)34-22(23)15-7-3-2-4-8-15/h2-14H,1H3,(H,30,32)/t14-/m0/s1. The SMILES string of the molecule is C[C@H](Oc1c(-c2ccccc2)oc2ccc(Cl)cc2c1=O)C(=O)Nc1ccccc1C(F)(F)F. The second kappa shape index (κ2) is 9.23. The molecular weight excluding hydrogens is 471 g/mol. The number of fused-ring (bicyclic) bond motifs is 1. The number of carbonyl (C=O) groups is 1. The van der Waals surface area contributed by atoms with E-state index in [1.165, 1.54) is 25.1 Å². The van der Waals surface area contributed by atoms with Crippen LogP contribution in [0.4, 0.5) is 18.9 Å². The molecule has 1 N–H and O–H groups in total. The van der Waals surface area contributed by atoms with E-state index in [0.717, 1.165) is 12.1 Å². The fourth-order valence-electron chi connectivity index (χ4n) is 3.34. The highest BCUT2D eigenvalue weighted by atomic mass is 35.5. The third-order valence-corrected chi connectivity index (χ3v) is 5.24. The maximum Gasteiger partial charge on any atom is 0.418 e. The molecule has 0 aliphatic rings. The van der Waals surface area contributed by atoms with Crippen molar-refractivity contribution in [1.29, 1.82) is 0 Å². The number of nitrogens with one attached hydrogen (secondary N) is 1. The quantitative estimate of drug-likeness (QED) is 0.347. The van der Waals surface area contributed by atoms with Crippen LogP contribution in [0.25, 0.3) is 22.3 Å². The normalized spacial score (nSPS) is 12.4. The average molecular weight is 488 g/mol. The zero-order chi connectivity index (χ0) is 24.5. The van der Waals surface area contributed by atoms with Crippen LogP contribution < -0.4 is 15.5 Å². The topological polar surface area (TPSA) is 68.5 Å². The summed E-state index contributed by atoms with van der Waals surface area (Å²) in [6.45, 7) is 1.32. The van der Waals surface area contributed by atoms with Gasteiger partial charge in [0.2, 0.25) is 11.2 Å². The van der Waals surface area contributed by atoms with Gasteiger partial charge in [0.25, 0.3) is 5.91 Å². The first-order chi connectivity index (χ1) is 16.1. The molecule has 0 bridgehead atoms. The molecule has 1 aromatic heterocycles. The van der Waals surface area contributed by atoms with Crippen molar-refractivity contribution in [1.82, 2.24) is 0 Å². The van der Waals surface area contributed by atoms with Crippen LogP contribution in [0.5, 0.6) is 5.75 Å². The molecule has 3 aromatic carbocycles. The van der Waals surface area contributed by atoms with Crippen LogP contribution in [-0.2, 0) is 11.0 Å². The van der Waals surface area contributed by atoms with E-state index in [-0.39, 0.29) is 22.5 Å². The first kappa shape index (κ1) is 23.4. The molecule has 0 radical (unpaired) electrons. The molecule has 34 heavy (non-hydrogen) atoms. The molecule has 0 saturated heterocycles. The molecule has 0 unspecified atom stereocenters. The van der Waals surface area contributed by atoms with Crippen LogP contribution in [0.2, 0.25) is 5.02 Å². The van der Waals surface area contributed by atoms with Crippen LogP contribution in [0.3, 0.4) is 0 Å². The summed E-state index contributed by atoms with van der Waals surface area (Å²) in [5.74, 6) is -1.05. The number of rotatable bonds is 5. The number of ether oxygens (including phenoxy) is 1. The van der Waals surface area contributed by atoms with E-state index >= 15 is 0 Å². The lowest BCUT2D eigenvalue weighted by Gasteiger charge is -2.18. The van der Waals surface area contributed by atoms with Crippen molar-refractivity contribution in [3.05, 3.63) is 93.6 Å². The predicted molar refractivity (Wildman–Crippen MR) is 123 cm³/mol.